The summed E-state index contributed by atoms with van der Waals surface area (Å²) in [6, 6.07) is 3.58. The highest BCUT2D eigenvalue weighted by Gasteiger charge is 2.14. The van der Waals surface area contributed by atoms with Crippen LogP contribution in [0.1, 0.15) is 15.9 Å². The van der Waals surface area contributed by atoms with E-state index < -0.39 is 0 Å². The number of carbonyl (C=O) groups excluding carboxylic acids is 1. The van der Waals surface area contributed by atoms with E-state index in [0.717, 1.165) is 10.3 Å². The van der Waals surface area contributed by atoms with Crippen molar-refractivity contribution in [3.05, 3.63) is 23.3 Å². The molecule has 2 N–H and O–H groups in total. The lowest BCUT2D eigenvalue weighted by Gasteiger charge is -2.01. The average Bonchev–Trinajstić information content (AvgIpc) is 2.60. The molecule has 0 amide bonds. The number of nitrogen functional groups attached to an aromatic ring is 1. The molecule has 0 spiro atoms. The van der Waals surface area contributed by atoms with E-state index in [1.165, 1.54) is 18.4 Å². The average molecular weight is 222 g/mol. The van der Waals surface area contributed by atoms with Crippen LogP contribution in [0.3, 0.4) is 0 Å². The second kappa shape index (κ2) is 3.51. The molecule has 15 heavy (non-hydrogen) atoms. The first kappa shape index (κ1) is 9.92. The second-order valence-electron chi connectivity index (χ2n) is 3.15. The molecule has 4 nitrogen and oxygen atoms in total. The molecule has 78 valence electrons. The minimum absolute atomic E-state index is 0.384. The number of nitrogens with zero attached hydrogens (tertiary/aromatic N) is 1. The molecular formula is C10H10N2O2S. The van der Waals surface area contributed by atoms with Gasteiger partial charge < -0.3 is 10.5 Å². The predicted octanol–water partition coefficient (Wildman–Crippen LogP) is 1.97. The molecule has 0 aliphatic carbocycles. The van der Waals surface area contributed by atoms with Crippen LogP contribution in [0.5, 0.6) is 0 Å². The molecule has 2 rings (SSSR count). The third-order valence-corrected chi connectivity index (χ3v) is 3.18. The van der Waals surface area contributed by atoms with Crippen LogP contribution in [0, 0.1) is 6.92 Å². The van der Waals surface area contributed by atoms with Gasteiger partial charge in [-0.1, -0.05) is 17.4 Å². The molecule has 0 atom stereocenters. The van der Waals surface area contributed by atoms with Crippen molar-refractivity contribution < 1.29 is 9.53 Å². The van der Waals surface area contributed by atoms with Gasteiger partial charge in [0.15, 0.2) is 5.13 Å². The molecule has 2 aromatic rings. The number of benzene rings is 1. The van der Waals surface area contributed by atoms with Crippen LogP contribution in [0.15, 0.2) is 12.1 Å². The zero-order valence-corrected chi connectivity index (χ0v) is 9.22. The fourth-order valence-electron chi connectivity index (χ4n) is 1.42. The SMILES string of the molecule is COC(=O)c1ccc(C)c2sc(N)nc12. The summed E-state index contributed by atoms with van der Waals surface area (Å²) < 4.78 is 5.62. The van der Waals surface area contributed by atoms with E-state index in [0.29, 0.717) is 16.2 Å². The molecule has 5 heteroatoms. The topological polar surface area (TPSA) is 65.2 Å². The number of thiazole rings is 1. The highest BCUT2D eigenvalue weighted by atomic mass is 32.1. The number of ether oxygens (including phenoxy) is 1. The van der Waals surface area contributed by atoms with Crippen molar-refractivity contribution in [2.75, 3.05) is 12.8 Å². The third kappa shape index (κ3) is 1.55. The first-order valence-corrected chi connectivity index (χ1v) is 5.19. The molecule has 1 aromatic carbocycles. The van der Waals surface area contributed by atoms with Crippen molar-refractivity contribution in [2.24, 2.45) is 0 Å². The number of carbonyl (C=O) groups is 1. The Morgan fingerprint density at radius 2 is 2.27 bits per heavy atom. The third-order valence-electron chi connectivity index (χ3n) is 2.16. The normalized spacial score (nSPS) is 10.5. The maximum Gasteiger partial charge on any atom is 0.340 e. The van der Waals surface area contributed by atoms with E-state index in [1.807, 2.05) is 13.0 Å². The van der Waals surface area contributed by atoms with Gasteiger partial charge in [-0.3, -0.25) is 0 Å². The first-order valence-electron chi connectivity index (χ1n) is 4.37. The highest BCUT2D eigenvalue weighted by molar-refractivity contribution is 7.22. The molecule has 0 unspecified atom stereocenters. The Morgan fingerprint density at radius 1 is 1.53 bits per heavy atom. The Bertz CT molecular complexity index is 533. The van der Waals surface area contributed by atoms with E-state index in [1.54, 1.807) is 6.07 Å². The summed E-state index contributed by atoms with van der Waals surface area (Å²) >= 11 is 1.38. The van der Waals surface area contributed by atoms with Gasteiger partial charge in [0.25, 0.3) is 0 Å². The van der Waals surface area contributed by atoms with Crippen LogP contribution < -0.4 is 5.73 Å². The van der Waals surface area contributed by atoms with Crippen molar-refractivity contribution in [2.45, 2.75) is 6.92 Å². The number of esters is 1. The van der Waals surface area contributed by atoms with Crippen LogP contribution in [-0.4, -0.2) is 18.1 Å². The fraction of sp³-hybridized carbons (Fsp3) is 0.200. The molecular weight excluding hydrogens is 212 g/mol. The number of aryl methyl sites for hydroxylation is 1. The number of methoxy groups -OCH3 is 1. The Hall–Kier alpha value is -1.62. The molecule has 1 heterocycles. The summed E-state index contributed by atoms with van der Waals surface area (Å²) in [4.78, 5) is 15.6. The Labute approximate surface area is 90.7 Å². The van der Waals surface area contributed by atoms with Gasteiger partial charge in [-0.2, -0.15) is 0 Å². The number of nitrogens with two attached hydrogens (primary N) is 1. The monoisotopic (exact) mass is 222 g/mol. The quantitative estimate of drug-likeness (QED) is 0.749. The lowest BCUT2D eigenvalue weighted by Crippen LogP contribution is -2.02. The van der Waals surface area contributed by atoms with Gasteiger partial charge >= 0.3 is 5.97 Å². The summed E-state index contributed by atoms with van der Waals surface area (Å²) in [6.07, 6.45) is 0. The zero-order chi connectivity index (χ0) is 11.0. The van der Waals surface area contributed by atoms with E-state index in [9.17, 15) is 4.79 Å². The van der Waals surface area contributed by atoms with Crippen molar-refractivity contribution in [1.82, 2.24) is 4.98 Å². The van der Waals surface area contributed by atoms with Crippen molar-refractivity contribution in [1.29, 1.82) is 0 Å². The molecule has 0 saturated carbocycles. The Morgan fingerprint density at radius 3 is 2.93 bits per heavy atom. The number of fused-ring (bicyclic) bond motifs is 1. The van der Waals surface area contributed by atoms with Crippen LogP contribution in [0.4, 0.5) is 5.13 Å². The summed E-state index contributed by atoms with van der Waals surface area (Å²) in [7, 11) is 1.35. The number of hydrogen-bond acceptors (Lipinski definition) is 5. The fourth-order valence-corrected chi connectivity index (χ4v) is 2.25. The van der Waals surface area contributed by atoms with Gasteiger partial charge in [0.2, 0.25) is 0 Å². The molecule has 0 radical (unpaired) electrons. The Kier molecular flexibility index (Phi) is 2.32. The van der Waals surface area contributed by atoms with Crippen LogP contribution >= 0.6 is 11.3 Å². The molecule has 0 saturated heterocycles. The number of rotatable bonds is 1. The summed E-state index contributed by atoms with van der Waals surface area (Å²) in [5.74, 6) is -0.384. The maximum atomic E-state index is 11.4. The maximum absolute atomic E-state index is 11.4. The van der Waals surface area contributed by atoms with Crippen LogP contribution in [-0.2, 0) is 4.74 Å². The van der Waals surface area contributed by atoms with Crippen molar-refractivity contribution >= 4 is 32.7 Å². The van der Waals surface area contributed by atoms with Gasteiger partial charge in [-0.25, -0.2) is 9.78 Å². The lowest BCUT2D eigenvalue weighted by atomic mass is 10.1. The van der Waals surface area contributed by atoms with Gasteiger partial charge in [0.05, 0.1) is 22.9 Å². The van der Waals surface area contributed by atoms with Crippen molar-refractivity contribution in [3.8, 4) is 0 Å². The van der Waals surface area contributed by atoms with E-state index >= 15 is 0 Å². The molecule has 0 aliphatic heterocycles. The summed E-state index contributed by atoms with van der Waals surface area (Å²) in [6.45, 7) is 1.96. The molecule has 0 fully saturated rings. The first-order chi connectivity index (χ1) is 7.13. The summed E-state index contributed by atoms with van der Waals surface area (Å²) in [5, 5.41) is 0.462. The van der Waals surface area contributed by atoms with E-state index in [-0.39, 0.29) is 5.97 Å². The second-order valence-corrected chi connectivity index (χ2v) is 4.18. The number of hydrogen-bond donors (Lipinski definition) is 1. The minimum atomic E-state index is -0.384. The molecule has 1 aromatic heterocycles. The number of anilines is 1. The minimum Gasteiger partial charge on any atom is -0.465 e. The number of aromatic nitrogens is 1. The predicted molar refractivity (Wildman–Crippen MR) is 60.1 cm³/mol. The highest BCUT2D eigenvalue weighted by Crippen LogP contribution is 2.29. The van der Waals surface area contributed by atoms with Crippen molar-refractivity contribution in [3.63, 3.8) is 0 Å². The molecule has 0 aliphatic rings. The van der Waals surface area contributed by atoms with E-state index in [2.05, 4.69) is 9.72 Å². The largest absolute Gasteiger partial charge is 0.465 e. The van der Waals surface area contributed by atoms with Gasteiger partial charge in [0.1, 0.15) is 0 Å². The Balaban J connectivity index is 2.76. The smallest absolute Gasteiger partial charge is 0.340 e. The van der Waals surface area contributed by atoms with Gasteiger partial charge in [-0.15, -0.1) is 0 Å². The van der Waals surface area contributed by atoms with Crippen LogP contribution in [0.25, 0.3) is 10.2 Å². The lowest BCUT2D eigenvalue weighted by molar-refractivity contribution is 0.0603. The summed E-state index contributed by atoms with van der Waals surface area (Å²) in [5.41, 5.74) is 7.78. The zero-order valence-electron chi connectivity index (χ0n) is 8.40. The van der Waals surface area contributed by atoms with Crippen LogP contribution in [0.2, 0.25) is 0 Å². The molecule has 0 bridgehead atoms. The van der Waals surface area contributed by atoms with Gasteiger partial charge in [-0.05, 0) is 18.6 Å². The van der Waals surface area contributed by atoms with Gasteiger partial charge in [0, 0.05) is 0 Å². The standard InChI is InChI=1S/C10H10N2O2S/c1-5-3-4-6(9(13)14-2)7-8(5)15-10(11)12-7/h3-4H,1-2H3,(H2,11,12). The van der Waals surface area contributed by atoms with E-state index in [4.69, 9.17) is 5.73 Å².